The molecule has 1 amide bonds. The van der Waals surface area contributed by atoms with Crippen LogP contribution in [0, 0.1) is 13.8 Å². The fraction of sp³-hybridized carbons (Fsp3) is 0.545. The Labute approximate surface area is 99.6 Å². The number of H-pyrrole nitrogens is 1. The lowest BCUT2D eigenvalue weighted by molar-refractivity contribution is -0.168. The van der Waals surface area contributed by atoms with E-state index >= 15 is 0 Å². The normalized spacial score (nSPS) is 10.4. The fourth-order valence-corrected chi connectivity index (χ4v) is 1.54. The Morgan fingerprint density at radius 1 is 1.47 bits per heavy atom. The van der Waals surface area contributed by atoms with Gasteiger partial charge in [-0.3, -0.25) is 14.4 Å². The first-order valence-electron chi connectivity index (χ1n) is 5.32. The van der Waals surface area contributed by atoms with Crippen LogP contribution in [0.25, 0.3) is 0 Å². The van der Waals surface area contributed by atoms with Gasteiger partial charge in [-0.2, -0.15) is 0 Å². The number of hydrogen-bond donors (Lipinski definition) is 1. The highest BCUT2D eigenvalue weighted by Crippen LogP contribution is 2.04. The molecule has 0 spiro atoms. The monoisotopic (exact) mass is 239 g/mol. The molecule has 0 aliphatic rings. The number of aromatic amines is 1. The highest BCUT2D eigenvalue weighted by Gasteiger charge is 2.12. The maximum absolute atomic E-state index is 11.7. The number of aromatic nitrogens is 2. The lowest BCUT2D eigenvalue weighted by atomic mass is 10.1. The lowest BCUT2D eigenvalue weighted by Gasteiger charge is -2.13. The topological polar surface area (TPSA) is 75.3 Å². The van der Waals surface area contributed by atoms with Crippen molar-refractivity contribution in [3.8, 4) is 0 Å². The predicted octanol–water partition coefficient (Wildman–Crippen LogP) is 0.339. The molecule has 0 saturated carbocycles. The standard InChI is InChI=1S/C11H17N3O3/c1-7-9(11(16)13-8(2)12-7)5-6-10(15)14(3)17-4/h5-6H2,1-4H3,(H,12,13,16). The van der Waals surface area contributed by atoms with Crippen molar-refractivity contribution in [2.75, 3.05) is 14.2 Å². The average molecular weight is 239 g/mol. The van der Waals surface area contributed by atoms with Gasteiger partial charge in [-0.1, -0.05) is 0 Å². The van der Waals surface area contributed by atoms with Crippen LogP contribution in [0.15, 0.2) is 4.79 Å². The van der Waals surface area contributed by atoms with Crippen molar-refractivity contribution in [1.82, 2.24) is 15.0 Å². The number of hydrogen-bond acceptors (Lipinski definition) is 4. The molecular weight excluding hydrogens is 222 g/mol. The molecule has 0 aliphatic heterocycles. The minimum atomic E-state index is -0.178. The van der Waals surface area contributed by atoms with E-state index in [0.717, 1.165) is 5.06 Å². The third-order valence-corrected chi connectivity index (χ3v) is 2.55. The maximum Gasteiger partial charge on any atom is 0.254 e. The molecule has 6 heteroatoms. The van der Waals surface area contributed by atoms with Crippen LogP contribution in [0.1, 0.15) is 23.5 Å². The molecule has 0 unspecified atom stereocenters. The largest absolute Gasteiger partial charge is 0.311 e. The van der Waals surface area contributed by atoms with Crippen LogP contribution in [-0.4, -0.2) is 35.1 Å². The Hall–Kier alpha value is -1.69. The van der Waals surface area contributed by atoms with Gasteiger partial charge in [0, 0.05) is 24.7 Å². The number of nitrogens with one attached hydrogen (secondary N) is 1. The molecule has 94 valence electrons. The van der Waals surface area contributed by atoms with E-state index in [0.29, 0.717) is 23.5 Å². The van der Waals surface area contributed by atoms with E-state index in [1.54, 1.807) is 13.8 Å². The zero-order chi connectivity index (χ0) is 13.0. The van der Waals surface area contributed by atoms with Gasteiger partial charge in [0.2, 0.25) is 5.91 Å². The third-order valence-electron chi connectivity index (χ3n) is 2.55. The third kappa shape index (κ3) is 3.39. The average Bonchev–Trinajstić information content (AvgIpc) is 2.26. The van der Waals surface area contributed by atoms with Crippen molar-refractivity contribution in [1.29, 1.82) is 0 Å². The van der Waals surface area contributed by atoms with E-state index in [9.17, 15) is 9.59 Å². The van der Waals surface area contributed by atoms with E-state index in [2.05, 4.69) is 9.97 Å². The van der Waals surface area contributed by atoms with Gasteiger partial charge in [-0.15, -0.1) is 0 Å². The molecule has 0 atom stereocenters. The van der Waals surface area contributed by atoms with E-state index in [-0.39, 0.29) is 17.9 Å². The van der Waals surface area contributed by atoms with Crippen molar-refractivity contribution in [3.63, 3.8) is 0 Å². The zero-order valence-corrected chi connectivity index (χ0v) is 10.5. The highest BCUT2D eigenvalue weighted by atomic mass is 16.7. The van der Waals surface area contributed by atoms with Crippen LogP contribution in [0.5, 0.6) is 0 Å². The Balaban J connectivity index is 2.77. The van der Waals surface area contributed by atoms with Crippen LogP contribution in [0.4, 0.5) is 0 Å². The number of hydroxylamine groups is 2. The van der Waals surface area contributed by atoms with Gasteiger partial charge in [0.25, 0.3) is 5.56 Å². The Morgan fingerprint density at radius 2 is 2.12 bits per heavy atom. The molecule has 0 aromatic carbocycles. The second-order valence-corrected chi connectivity index (χ2v) is 3.79. The minimum absolute atomic E-state index is 0.174. The highest BCUT2D eigenvalue weighted by molar-refractivity contribution is 5.75. The molecule has 1 N–H and O–H groups in total. The van der Waals surface area contributed by atoms with Gasteiger partial charge in [-0.25, -0.2) is 10.0 Å². The SMILES string of the molecule is CON(C)C(=O)CCc1c(C)nc(C)[nH]c1=O. The van der Waals surface area contributed by atoms with Gasteiger partial charge in [0.1, 0.15) is 5.82 Å². The quantitative estimate of drug-likeness (QED) is 0.769. The number of aryl methyl sites for hydroxylation is 2. The lowest BCUT2D eigenvalue weighted by Crippen LogP contribution is -2.27. The summed E-state index contributed by atoms with van der Waals surface area (Å²) in [6.07, 6.45) is 0.583. The minimum Gasteiger partial charge on any atom is -0.311 e. The summed E-state index contributed by atoms with van der Waals surface area (Å²) >= 11 is 0. The molecule has 0 aliphatic carbocycles. The van der Waals surface area contributed by atoms with Crippen molar-refractivity contribution in [2.24, 2.45) is 0 Å². The van der Waals surface area contributed by atoms with Gasteiger partial charge in [0.15, 0.2) is 0 Å². The van der Waals surface area contributed by atoms with Crippen LogP contribution in [-0.2, 0) is 16.1 Å². The van der Waals surface area contributed by atoms with Gasteiger partial charge in [0.05, 0.1) is 7.11 Å². The van der Waals surface area contributed by atoms with Crippen molar-refractivity contribution < 1.29 is 9.63 Å². The first kappa shape index (κ1) is 13.4. The summed E-state index contributed by atoms with van der Waals surface area (Å²) in [5.74, 6) is 0.406. The molecule has 0 bridgehead atoms. The van der Waals surface area contributed by atoms with Crippen LogP contribution in [0.3, 0.4) is 0 Å². The van der Waals surface area contributed by atoms with Crippen molar-refractivity contribution in [3.05, 3.63) is 27.4 Å². The van der Waals surface area contributed by atoms with Gasteiger partial charge in [-0.05, 0) is 20.3 Å². The summed E-state index contributed by atoms with van der Waals surface area (Å²) in [6, 6.07) is 0. The van der Waals surface area contributed by atoms with E-state index in [4.69, 9.17) is 4.84 Å². The Bertz CT molecular complexity index is 468. The van der Waals surface area contributed by atoms with E-state index < -0.39 is 0 Å². The first-order chi connectivity index (χ1) is 7.95. The maximum atomic E-state index is 11.7. The predicted molar refractivity (Wildman–Crippen MR) is 62.4 cm³/mol. The number of amides is 1. The summed E-state index contributed by atoms with van der Waals surface area (Å²) in [6.45, 7) is 3.49. The molecule has 17 heavy (non-hydrogen) atoms. The Kier molecular flexibility index (Phi) is 4.39. The second kappa shape index (κ2) is 5.58. The van der Waals surface area contributed by atoms with E-state index in [1.165, 1.54) is 14.2 Å². The molecule has 6 nitrogen and oxygen atoms in total. The first-order valence-corrected chi connectivity index (χ1v) is 5.32. The smallest absolute Gasteiger partial charge is 0.254 e. The van der Waals surface area contributed by atoms with Crippen LogP contribution >= 0.6 is 0 Å². The second-order valence-electron chi connectivity index (χ2n) is 3.79. The molecular formula is C11H17N3O3. The molecule has 0 saturated heterocycles. The summed E-state index contributed by atoms with van der Waals surface area (Å²) < 4.78 is 0. The number of nitrogens with zero attached hydrogens (tertiary/aromatic N) is 2. The van der Waals surface area contributed by atoms with Crippen molar-refractivity contribution >= 4 is 5.91 Å². The van der Waals surface area contributed by atoms with Crippen LogP contribution in [0.2, 0.25) is 0 Å². The zero-order valence-electron chi connectivity index (χ0n) is 10.5. The molecule has 0 radical (unpaired) electrons. The summed E-state index contributed by atoms with van der Waals surface area (Å²) in [5.41, 5.74) is 1.04. The Morgan fingerprint density at radius 3 is 2.65 bits per heavy atom. The molecule has 1 rings (SSSR count). The molecule has 0 fully saturated rings. The van der Waals surface area contributed by atoms with E-state index in [1.807, 2.05) is 0 Å². The number of rotatable bonds is 4. The van der Waals surface area contributed by atoms with Gasteiger partial charge < -0.3 is 4.98 Å². The van der Waals surface area contributed by atoms with Crippen molar-refractivity contribution in [2.45, 2.75) is 26.7 Å². The van der Waals surface area contributed by atoms with Crippen LogP contribution < -0.4 is 5.56 Å². The summed E-state index contributed by atoms with van der Waals surface area (Å²) in [7, 11) is 2.95. The molecule has 1 aromatic rings. The fourth-order valence-electron chi connectivity index (χ4n) is 1.54. The number of carbonyl (C=O) groups is 1. The summed E-state index contributed by atoms with van der Waals surface area (Å²) in [4.78, 5) is 34.7. The summed E-state index contributed by atoms with van der Waals surface area (Å²) in [5, 5.41) is 1.14. The van der Waals surface area contributed by atoms with Gasteiger partial charge >= 0.3 is 0 Å². The molecule has 1 aromatic heterocycles. The number of carbonyl (C=O) groups excluding carboxylic acids is 1. The molecule has 1 heterocycles.